The van der Waals surface area contributed by atoms with Gasteiger partial charge in [-0.1, -0.05) is 30.4 Å². The lowest BCUT2D eigenvalue weighted by Crippen LogP contribution is -2.44. The molecule has 2 aromatic rings. The third kappa shape index (κ3) is 2.84. The maximum atomic E-state index is 13.1. The number of likely N-dealkylation sites (tertiary alicyclic amines) is 1. The number of anilines is 1. The van der Waals surface area contributed by atoms with Gasteiger partial charge in [0.25, 0.3) is 0 Å². The average molecular weight is 415 g/mol. The first-order valence-corrected chi connectivity index (χ1v) is 11.3. The maximum Gasteiger partial charge on any atom is 0.233 e. The van der Waals surface area contributed by atoms with E-state index in [1.54, 1.807) is 11.1 Å². The summed E-state index contributed by atoms with van der Waals surface area (Å²) in [5, 5.41) is 4.04. The van der Waals surface area contributed by atoms with E-state index in [0.717, 1.165) is 23.0 Å². The van der Waals surface area contributed by atoms with Crippen LogP contribution in [0.1, 0.15) is 32.1 Å². The summed E-state index contributed by atoms with van der Waals surface area (Å²) in [7, 11) is 0. The highest BCUT2D eigenvalue weighted by Gasteiger charge is 2.60. The van der Waals surface area contributed by atoms with Gasteiger partial charge in [-0.05, 0) is 56.1 Å². The van der Waals surface area contributed by atoms with Crippen molar-refractivity contribution < 1.29 is 14.4 Å². The molecule has 3 amide bonds. The molecular weight excluding hydrogens is 390 g/mol. The van der Waals surface area contributed by atoms with Crippen molar-refractivity contribution in [3.63, 3.8) is 0 Å². The van der Waals surface area contributed by atoms with Crippen LogP contribution >= 0.6 is 0 Å². The molecule has 3 aliphatic carbocycles. The van der Waals surface area contributed by atoms with Crippen LogP contribution in [0.3, 0.4) is 0 Å². The standard InChI is InChI=1S/C25H25N3O3/c29-23(27-19-5-1-3-14-4-2-12-26-22(14)19)15-8-10-18(11-9-15)28-24(30)20-16-6-7-17(13-16)21(20)25(28)31/h1-7,12,15-18,20-21H,8-11,13H2,(H,27,29)/t15?,16?,17?,18?,20-,21+. The smallest absolute Gasteiger partial charge is 0.233 e. The number of fused-ring (bicyclic) bond motifs is 6. The van der Waals surface area contributed by atoms with Crippen LogP contribution in [-0.2, 0) is 14.4 Å². The largest absolute Gasteiger partial charge is 0.324 e. The van der Waals surface area contributed by atoms with Gasteiger partial charge < -0.3 is 5.32 Å². The lowest BCUT2D eigenvalue weighted by molar-refractivity contribution is -0.144. The zero-order valence-corrected chi connectivity index (χ0v) is 17.2. The van der Waals surface area contributed by atoms with E-state index in [9.17, 15) is 14.4 Å². The third-order valence-electron chi connectivity index (χ3n) is 7.83. The Morgan fingerprint density at radius 1 is 0.935 bits per heavy atom. The van der Waals surface area contributed by atoms with Crippen molar-refractivity contribution in [2.45, 2.75) is 38.1 Å². The highest BCUT2D eigenvalue weighted by atomic mass is 16.2. The summed E-state index contributed by atoms with van der Waals surface area (Å²) < 4.78 is 0. The number of aromatic nitrogens is 1. The minimum Gasteiger partial charge on any atom is -0.324 e. The van der Waals surface area contributed by atoms with Crippen LogP contribution in [0.4, 0.5) is 5.69 Å². The molecule has 0 spiro atoms. The second kappa shape index (κ2) is 7.01. The molecule has 2 unspecified atom stereocenters. The second-order valence-corrected chi connectivity index (χ2v) is 9.42. The predicted molar refractivity (Wildman–Crippen MR) is 116 cm³/mol. The van der Waals surface area contributed by atoms with Gasteiger partial charge in [-0.3, -0.25) is 24.3 Å². The minimum absolute atomic E-state index is 0.00482. The lowest BCUT2D eigenvalue weighted by atomic mass is 9.84. The minimum atomic E-state index is -0.137. The van der Waals surface area contributed by atoms with E-state index >= 15 is 0 Å². The van der Waals surface area contributed by atoms with Crippen molar-refractivity contribution in [3.05, 3.63) is 48.7 Å². The molecule has 1 saturated heterocycles. The van der Waals surface area contributed by atoms with Gasteiger partial charge in [0.2, 0.25) is 17.7 Å². The monoisotopic (exact) mass is 415 g/mol. The van der Waals surface area contributed by atoms with Gasteiger partial charge in [0.05, 0.1) is 23.0 Å². The van der Waals surface area contributed by atoms with Gasteiger partial charge in [-0.25, -0.2) is 0 Å². The first-order valence-electron chi connectivity index (χ1n) is 11.3. The second-order valence-electron chi connectivity index (χ2n) is 9.42. The SMILES string of the molecule is O=C(Nc1cccc2cccnc12)C1CCC(N2C(=O)[C@@H]3C4C=CC(C4)[C@@H]3C2=O)CC1. The highest BCUT2D eigenvalue weighted by molar-refractivity contribution is 6.07. The van der Waals surface area contributed by atoms with Crippen molar-refractivity contribution >= 4 is 34.3 Å². The molecule has 4 atom stereocenters. The number of nitrogens with zero attached hydrogens (tertiary/aromatic N) is 2. The number of benzene rings is 1. The number of imide groups is 1. The molecule has 0 radical (unpaired) electrons. The topological polar surface area (TPSA) is 79.4 Å². The summed E-state index contributed by atoms with van der Waals surface area (Å²) in [5.41, 5.74) is 1.51. The molecule has 4 aliphatic rings. The number of para-hydroxylation sites is 1. The van der Waals surface area contributed by atoms with Gasteiger partial charge in [-0.15, -0.1) is 0 Å². The van der Waals surface area contributed by atoms with Crippen LogP contribution < -0.4 is 5.32 Å². The van der Waals surface area contributed by atoms with Crippen molar-refractivity contribution in [3.8, 4) is 0 Å². The number of nitrogens with one attached hydrogen (secondary N) is 1. The number of amides is 3. The quantitative estimate of drug-likeness (QED) is 0.614. The Balaban J connectivity index is 1.12. The fourth-order valence-corrected chi connectivity index (χ4v) is 6.32. The lowest BCUT2D eigenvalue weighted by Gasteiger charge is -2.33. The summed E-state index contributed by atoms with van der Waals surface area (Å²) in [4.78, 5) is 45.0. The van der Waals surface area contributed by atoms with Gasteiger partial charge in [0.1, 0.15) is 0 Å². The van der Waals surface area contributed by atoms with Crippen LogP contribution in [0.15, 0.2) is 48.7 Å². The number of hydrogen-bond acceptors (Lipinski definition) is 4. The van der Waals surface area contributed by atoms with Crippen LogP contribution in [0.2, 0.25) is 0 Å². The molecule has 1 aromatic carbocycles. The Hall–Kier alpha value is -3.02. The molecule has 6 heteroatoms. The summed E-state index contributed by atoms with van der Waals surface area (Å²) >= 11 is 0. The molecule has 2 bridgehead atoms. The molecule has 6 rings (SSSR count). The van der Waals surface area contributed by atoms with Crippen LogP contribution in [-0.4, -0.2) is 33.6 Å². The Kier molecular flexibility index (Phi) is 4.23. The normalized spacial score (nSPS) is 33.9. The van der Waals surface area contributed by atoms with Gasteiger partial charge >= 0.3 is 0 Å². The van der Waals surface area contributed by atoms with Gasteiger partial charge in [0, 0.05) is 23.5 Å². The molecule has 1 N–H and O–H groups in total. The molecule has 3 fully saturated rings. The van der Waals surface area contributed by atoms with Crippen molar-refractivity contribution in [2.75, 3.05) is 5.32 Å². The van der Waals surface area contributed by atoms with Gasteiger partial charge in [-0.2, -0.15) is 0 Å². The van der Waals surface area contributed by atoms with E-state index in [1.807, 2.05) is 30.3 Å². The Morgan fingerprint density at radius 3 is 2.32 bits per heavy atom. The molecule has 158 valence electrons. The van der Waals surface area contributed by atoms with Gasteiger partial charge in [0.15, 0.2) is 0 Å². The number of carbonyl (C=O) groups excluding carboxylic acids is 3. The number of rotatable bonds is 3. The van der Waals surface area contributed by atoms with E-state index in [2.05, 4.69) is 22.5 Å². The first-order chi connectivity index (χ1) is 15.1. The highest BCUT2D eigenvalue weighted by Crippen LogP contribution is 2.53. The molecule has 31 heavy (non-hydrogen) atoms. The molecule has 6 nitrogen and oxygen atoms in total. The Morgan fingerprint density at radius 2 is 1.61 bits per heavy atom. The zero-order valence-electron chi connectivity index (χ0n) is 17.2. The van der Waals surface area contributed by atoms with Crippen LogP contribution in [0, 0.1) is 29.6 Å². The first kappa shape index (κ1) is 18.7. The maximum absolute atomic E-state index is 13.1. The van der Waals surface area contributed by atoms with Crippen molar-refractivity contribution in [1.82, 2.24) is 9.88 Å². The predicted octanol–water partition coefficient (Wildman–Crippen LogP) is 3.54. The van der Waals surface area contributed by atoms with E-state index < -0.39 is 0 Å². The zero-order chi connectivity index (χ0) is 21.1. The van der Waals surface area contributed by atoms with Crippen LogP contribution in [0.5, 0.6) is 0 Å². The fourth-order valence-electron chi connectivity index (χ4n) is 6.32. The third-order valence-corrected chi connectivity index (χ3v) is 7.83. The van der Waals surface area contributed by atoms with E-state index in [1.165, 1.54) is 0 Å². The number of pyridine rings is 1. The molecule has 2 heterocycles. The van der Waals surface area contributed by atoms with E-state index in [0.29, 0.717) is 25.7 Å². The number of allylic oxidation sites excluding steroid dienone is 2. The number of carbonyl (C=O) groups is 3. The summed E-state index contributed by atoms with van der Waals surface area (Å²) in [5.74, 6) is 0.156. The van der Waals surface area contributed by atoms with E-state index in [-0.39, 0.29) is 53.4 Å². The Bertz CT molecular complexity index is 1080. The van der Waals surface area contributed by atoms with Crippen molar-refractivity contribution in [1.29, 1.82) is 0 Å². The van der Waals surface area contributed by atoms with E-state index in [4.69, 9.17) is 0 Å². The summed E-state index contributed by atoms with van der Waals surface area (Å²) in [6.07, 6.45) is 9.71. The van der Waals surface area contributed by atoms with Crippen molar-refractivity contribution in [2.24, 2.45) is 29.6 Å². The Labute approximate surface area is 180 Å². The fraction of sp³-hybridized carbons (Fsp3) is 0.440. The molecule has 2 saturated carbocycles. The summed E-state index contributed by atoms with van der Waals surface area (Å²) in [6, 6.07) is 9.57. The molecular formula is C25H25N3O3. The molecule has 1 aliphatic heterocycles. The average Bonchev–Trinajstić information content (AvgIpc) is 3.48. The number of hydrogen-bond donors (Lipinski definition) is 1. The molecule has 1 aromatic heterocycles. The summed E-state index contributed by atoms with van der Waals surface area (Å²) in [6.45, 7) is 0. The van der Waals surface area contributed by atoms with Crippen LogP contribution in [0.25, 0.3) is 10.9 Å².